The Bertz CT molecular complexity index is 453. The molecule has 0 amide bonds. The molecule has 1 heteroatoms. The second-order valence-corrected chi connectivity index (χ2v) is 7.54. The summed E-state index contributed by atoms with van der Waals surface area (Å²) in [6.07, 6.45) is 9.84. The van der Waals surface area contributed by atoms with Crippen LogP contribution in [-0.2, 0) is 0 Å². The van der Waals surface area contributed by atoms with Crippen LogP contribution in [0.5, 0.6) is 0 Å². The van der Waals surface area contributed by atoms with Gasteiger partial charge in [0.25, 0.3) is 0 Å². The van der Waals surface area contributed by atoms with E-state index in [1.54, 1.807) is 11.1 Å². The SMILES string of the molecule is CC1CCCC(CCNC2CCC(C)c3ccccc32)C1. The summed E-state index contributed by atoms with van der Waals surface area (Å²) in [7, 11) is 0. The number of fused-ring (bicyclic) bond motifs is 1. The zero-order valence-corrected chi connectivity index (χ0v) is 13.8. The molecule has 1 saturated carbocycles. The van der Waals surface area contributed by atoms with Crippen molar-refractivity contribution in [3.63, 3.8) is 0 Å². The first-order chi connectivity index (χ1) is 10.2. The van der Waals surface area contributed by atoms with Crippen LogP contribution in [0, 0.1) is 11.8 Å². The fourth-order valence-corrected chi connectivity index (χ4v) is 4.50. The van der Waals surface area contributed by atoms with Gasteiger partial charge in [-0.15, -0.1) is 0 Å². The number of benzene rings is 1. The minimum absolute atomic E-state index is 0.596. The second-order valence-electron chi connectivity index (χ2n) is 7.54. The van der Waals surface area contributed by atoms with Gasteiger partial charge in [-0.3, -0.25) is 0 Å². The van der Waals surface area contributed by atoms with E-state index in [4.69, 9.17) is 0 Å². The van der Waals surface area contributed by atoms with Crippen LogP contribution in [0.4, 0.5) is 0 Å². The highest BCUT2D eigenvalue weighted by atomic mass is 14.9. The molecule has 0 spiro atoms. The van der Waals surface area contributed by atoms with Gasteiger partial charge in [-0.2, -0.15) is 0 Å². The van der Waals surface area contributed by atoms with Gasteiger partial charge in [0.15, 0.2) is 0 Å². The standard InChI is InChI=1S/C20H31N/c1-15-6-5-7-17(14-15)12-13-21-20-11-10-16(2)18-8-3-4-9-19(18)20/h3-4,8-9,15-17,20-21H,5-7,10-14H2,1-2H3. The van der Waals surface area contributed by atoms with Crippen LogP contribution in [0.25, 0.3) is 0 Å². The normalized spacial score (nSPS) is 32.7. The maximum Gasteiger partial charge on any atom is 0.0323 e. The summed E-state index contributed by atoms with van der Waals surface area (Å²) in [4.78, 5) is 0. The maximum absolute atomic E-state index is 3.86. The Morgan fingerprint density at radius 3 is 2.62 bits per heavy atom. The second kappa shape index (κ2) is 6.96. The Balaban J connectivity index is 1.53. The molecule has 0 aliphatic heterocycles. The van der Waals surface area contributed by atoms with Crippen molar-refractivity contribution >= 4 is 0 Å². The van der Waals surface area contributed by atoms with Gasteiger partial charge < -0.3 is 5.32 Å². The van der Waals surface area contributed by atoms with Gasteiger partial charge in [0.2, 0.25) is 0 Å². The first-order valence-electron chi connectivity index (χ1n) is 9.06. The molecule has 1 N–H and O–H groups in total. The van der Waals surface area contributed by atoms with Crippen molar-refractivity contribution in [2.75, 3.05) is 6.54 Å². The molecule has 116 valence electrons. The molecule has 21 heavy (non-hydrogen) atoms. The van der Waals surface area contributed by atoms with Crippen molar-refractivity contribution in [3.05, 3.63) is 35.4 Å². The van der Waals surface area contributed by atoms with Crippen molar-refractivity contribution in [3.8, 4) is 0 Å². The molecule has 4 atom stereocenters. The van der Waals surface area contributed by atoms with Crippen LogP contribution in [0.2, 0.25) is 0 Å². The topological polar surface area (TPSA) is 12.0 Å². The molecule has 1 aromatic rings. The molecule has 0 bridgehead atoms. The summed E-state index contributed by atoms with van der Waals surface area (Å²) in [5, 5.41) is 3.86. The average molecular weight is 285 g/mol. The summed E-state index contributed by atoms with van der Waals surface area (Å²) in [5.74, 6) is 2.66. The average Bonchev–Trinajstić information content (AvgIpc) is 2.50. The van der Waals surface area contributed by atoms with Gasteiger partial charge in [0.1, 0.15) is 0 Å². The first kappa shape index (κ1) is 15.1. The minimum atomic E-state index is 0.596. The zero-order chi connectivity index (χ0) is 14.7. The van der Waals surface area contributed by atoms with Gasteiger partial charge in [0.05, 0.1) is 0 Å². The van der Waals surface area contributed by atoms with Gasteiger partial charge in [-0.25, -0.2) is 0 Å². The first-order valence-corrected chi connectivity index (χ1v) is 9.06. The number of hydrogen-bond donors (Lipinski definition) is 1. The third-order valence-electron chi connectivity index (χ3n) is 5.78. The van der Waals surface area contributed by atoms with Gasteiger partial charge >= 0.3 is 0 Å². The maximum atomic E-state index is 3.86. The Labute approximate surface area is 130 Å². The highest BCUT2D eigenvalue weighted by molar-refractivity contribution is 5.34. The van der Waals surface area contributed by atoms with Crippen LogP contribution in [0.3, 0.4) is 0 Å². The lowest BCUT2D eigenvalue weighted by Crippen LogP contribution is -2.28. The Morgan fingerprint density at radius 1 is 1.00 bits per heavy atom. The number of rotatable bonds is 4. The molecule has 0 aromatic heterocycles. The van der Waals surface area contributed by atoms with Crippen molar-refractivity contribution in [1.29, 1.82) is 0 Å². The smallest absolute Gasteiger partial charge is 0.0323 e. The third-order valence-corrected chi connectivity index (χ3v) is 5.78. The summed E-state index contributed by atoms with van der Waals surface area (Å²) < 4.78 is 0. The lowest BCUT2D eigenvalue weighted by Gasteiger charge is -2.32. The molecular formula is C20H31N. The van der Waals surface area contributed by atoms with Crippen LogP contribution in [0.1, 0.15) is 81.9 Å². The van der Waals surface area contributed by atoms with Crippen molar-refractivity contribution in [1.82, 2.24) is 5.32 Å². The van der Waals surface area contributed by atoms with Gasteiger partial charge in [-0.05, 0) is 61.1 Å². The Hall–Kier alpha value is -0.820. The molecule has 1 fully saturated rings. The van der Waals surface area contributed by atoms with E-state index in [0.29, 0.717) is 6.04 Å². The van der Waals surface area contributed by atoms with Crippen LogP contribution in [0.15, 0.2) is 24.3 Å². The summed E-state index contributed by atoms with van der Waals surface area (Å²) in [5.41, 5.74) is 3.14. The van der Waals surface area contributed by atoms with Crippen molar-refractivity contribution in [2.45, 2.75) is 70.8 Å². The lowest BCUT2D eigenvalue weighted by atomic mass is 9.80. The summed E-state index contributed by atoms with van der Waals surface area (Å²) in [6.45, 7) is 6.00. The van der Waals surface area contributed by atoms with Crippen molar-refractivity contribution in [2.24, 2.45) is 11.8 Å². The predicted molar refractivity (Wildman–Crippen MR) is 90.6 cm³/mol. The molecule has 4 unspecified atom stereocenters. The van der Waals surface area contributed by atoms with E-state index in [1.807, 2.05) is 0 Å². The molecular weight excluding hydrogens is 254 g/mol. The van der Waals surface area contributed by atoms with Gasteiger partial charge in [-0.1, -0.05) is 57.4 Å². The van der Waals surface area contributed by atoms with E-state index >= 15 is 0 Å². The van der Waals surface area contributed by atoms with E-state index in [0.717, 1.165) is 17.8 Å². The number of nitrogens with one attached hydrogen (secondary N) is 1. The van der Waals surface area contributed by atoms with Crippen molar-refractivity contribution < 1.29 is 0 Å². The molecule has 0 radical (unpaired) electrons. The molecule has 3 rings (SSSR count). The minimum Gasteiger partial charge on any atom is -0.310 e. The van der Waals surface area contributed by atoms with Crippen LogP contribution < -0.4 is 5.32 Å². The van der Waals surface area contributed by atoms with Crippen LogP contribution in [-0.4, -0.2) is 6.54 Å². The fourth-order valence-electron chi connectivity index (χ4n) is 4.50. The molecule has 2 aliphatic rings. The Kier molecular flexibility index (Phi) is 5.00. The van der Waals surface area contributed by atoms with E-state index in [2.05, 4.69) is 43.4 Å². The van der Waals surface area contributed by atoms with Crippen LogP contribution >= 0.6 is 0 Å². The number of hydrogen-bond acceptors (Lipinski definition) is 1. The molecule has 0 heterocycles. The summed E-state index contributed by atoms with van der Waals surface area (Å²) >= 11 is 0. The fraction of sp³-hybridized carbons (Fsp3) is 0.700. The molecule has 1 nitrogen and oxygen atoms in total. The van der Waals surface area contributed by atoms with E-state index in [1.165, 1.54) is 51.5 Å². The predicted octanol–water partition coefficient (Wildman–Crippen LogP) is 5.43. The van der Waals surface area contributed by atoms with E-state index in [9.17, 15) is 0 Å². The molecule has 2 aliphatic carbocycles. The molecule has 0 saturated heterocycles. The summed E-state index contributed by atoms with van der Waals surface area (Å²) in [6, 6.07) is 9.66. The highest BCUT2D eigenvalue weighted by Gasteiger charge is 2.24. The highest BCUT2D eigenvalue weighted by Crippen LogP contribution is 2.37. The van der Waals surface area contributed by atoms with Gasteiger partial charge in [0, 0.05) is 6.04 Å². The zero-order valence-electron chi connectivity index (χ0n) is 13.8. The largest absolute Gasteiger partial charge is 0.310 e. The quantitative estimate of drug-likeness (QED) is 0.777. The van der Waals surface area contributed by atoms with E-state index < -0.39 is 0 Å². The molecule has 1 aromatic carbocycles. The Morgan fingerprint density at radius 2 is 1.81 bits per heavy atom. The third kappa shape index (κ3) is 3.69. The monoisotopic (exact) mass is 285 g/mol. The van der Waals surface area contributed by atoms with E-state index in [-0.39, 0.29) is 0 Å². The lowest BCUT2D eigenvalue weighted by molar-refractivity contribution is 0.263.